The predicted molar refractivity (Wildman–Crippen MR) is 73.1 cm³/mol. The number of nitrogens with zero attached hydrogens (tertiary/aromatic N) is 2. The number of aromatic nitrogens is 2. The third kappa shape index (κ3) is 2.95. The molecule has 1 saturated carbocycles. The Kier molecular flexibility index (Phi) is 4.13. The van der Waals surface area contributed by atoms with Crippen molar-refractivity contribution in [3.63, 3.8) is 0 Å². The van der Waals surface area contributed by atoms with Crippen molar-refractivity contribution in [1.82, 2.24) is 14.3 Å². The first-order valence-electron chi connectivity index (χ1n) is 6.05. The lowest BCUT2D eigenvalue weighted by Crippen LogP contribution is -2.51. The highest BCUT2D eigenvalue weighted by Crippen LogP contribution is 2.31. The molecule has 2 rings (SSSR count). The van der Waals surface area contributed by atoms with Gasteiger partial charge in [0.25, 0.3) is 10.0 Å². The molecule has 0 spiro atoms. The van der Waals surface area contributed by atoms with Gasteiger partial charge in [0.1, 0.15) is 0 Å². The summed E-state index contributed by atoms with van der Waals surface area (Å²) < 4.78 is 29.0. The van der Waals surface area contributed by atoms with Gasteiger partial charge >= 0.3 is 0 Å². The minimum Gasteiger partial charge on any atom is -0.339 e. The molecule has 1 heterocycles. The van der Waals surface area contributed by atoms with Gasteiger partial charge in [-0.15, -0.1) is 0 Å². The number of hydrogen-bond donors (Lipinski definition) is 1. The second-order valence-electron chi connectivity index (χ2n) is 4.96. The minimum atomic E-state index is -3.52. The number of rotatable bonds is 4. The summed E-state index contributed by atoms with van der Waals surface area (Å²) in [5.74, 6) is 0. The van der Waals surface area contributed by atoms with E-state index < -0.39 is 10.0 Å². The van der Waals surface area contributed by atoms with Crippen molar-refractivity contribution in [3.05, 3.63) is 12.5 Å². The second kappa shape index (κ2) is 5.30. The van der Waals surface area contributed by atoms with Crippen LogP contribution < -0.4 is 4.72 Å². The third-order valence-corrected chi connectivity index (χ3v) is 5.91. The van der Waals surface area contributed by atoms with Crippen LogP contribution in [-0.2, 0) is 17.1 Å². The first-order valence-corrected chi connectivity index (χ1v) is 8.66. The summed E-state index contributed by atoms with van der Waals surface area (Å²) in [6.07, 6.45) is 8.09. The number of halogens is 1. The molecule has 0 radical (unpaired) electrons. The number of aryl methyl sites for hydroxylation is 1. The Morgan fingerprint density at radius 1 is 1.44 bits per heavy atom. The molecular weight excluding hydrogens is 318 g/mol. The molecular formula is C11H18BrN3O2S. The van der Waals surface area contributed by atoms with Crippen molar-refractivity contribution in [3.8, 4) is 0 Å². The van der Waals surface area contributed by atoms with E-state index in [-0.39, 0.29) is 10.6 Å². The average molecular weight is 336 g/mol. The van der Waals surface area contributed by atoms with Crippen molar-refractivity contribution < 1.29 is 8.42 Å². The fourth-order valence-electron chi connectivity index (χ4n) is 2.36. The zero-order valence-electron chi connectivity index (χ0n) is 10.4. The number of nitrogens with one attached hydrogen (secondary N) is 1. The van der Waals surface area contributed by atoms with E-state index in [1.165, 1.54) is 18.9 Å². The molecule has 1 aromatic heterocycles. The highest BCUT2D eigenvalue weighted by molar-refractivity contribution is 9.09. The maximum atomic E-state index is 12.3. The normalized spacial score (nSPS) is 19.9. The molecule has 0 saturated heterocycles. The Balaban J connectivity index is 2.21. The van der Waals surface area contributed by atoms with Gasteiger partial charge < -0.3 is 4.57 Å². The van der Waals surface area contributed by atoms with Crippen LogP contribution in [0.15, 0.2) is 17.6 Å². The van der Waals surface area contributed by atoms with E-state index in [9.17, 15) is 8.42 Å². The molecule has 102 valence electrons. The molecule has 0 aliphatic heterocycles. The zero-order chi connectivity index (χ0) is 13.2. The molecule has 0 bridgehead atoms. The van der Waals surface area contributed by atoms with Gasteiger partial charge in [-0.1, -0.05) is 35.2 Å². The summed E-state index contributed by atoms with van der Waals surface area (Å²) in [6.45, 7) is 0. The van der Waals surface area contributed by atoms with Crippen LogP contribution in [0.25, 0.3) is 0 Å². The lowest BCUT2D eigenvalue weighted by Gasteiger charge is -2.35. The first-order chi connectivity index (χ1) is 8.47. The van der Waals surface area contributed by atoms with E-state index >= 15 is 0 Å². The Bertz CT molecular complexity index is 506. The molecule has 1 fully saturated rings. The Hall–Kier alpha value is -0.400. The predicted octanol–water partition coefficient (Wildman–Crippen LogP) is 1.80. The van der Waals surface area contributed by atoms with Crippen LogP contribution in [0.4, 0.5) is 0 Å². The van der Waals surface area contributed by atoms with Crippen molar-refractivity contribution in [2.24, 2.45) is 7.05 Å². The van der Waals surface area contributed by atoms with Gasteiger partial charge in [0.05, 0.1) is 6.33 Å². The Morgan fingerprint density at radius 2 is 2.11 bits per heavy atom. The number of hydrogen-bond acceptors (Lipinski definition) is 3. The fraction of sp³-hybridized carbons (Fsp3) is 0.727. The van der Waals surface area contributed by atoms with Gasteiger partial charge in [0, 0.05) is 24.1 Å². The van der Waals surface area contributed by atoms with Gasteiger partial charge in [-0.2, -0.15) is 0 Å². The van der Waals surface area contributed by atoms with E-state index in [4.69, 9.17) is 0 Å². The molecule has 0 amide bonds. The summed E-state index contributed by atoms with van der Waals surface area (Å²) in [7, 11) is -1.76. The molecule has 0 unspecified atom stereocenters. The highest BCUT2D eigenvalue weighted by Gasteiger charge is 2.36. The number of sulfonamides is 1. The Morgan fingerprint density at radius 3 is 2.61 bits per heavy atom. The standard InChI is InChI=1S/C11H18BrN3O2S/c1-15-7-10(13-9-15)18(16,17)14-11(8-12)5-3-2-4-6-11/h7,9,14H,2-6,8H2,1H3. The molecule has 1 aliphatic rings. The van der Waals surface area contributed by atoms with Crippen molar-refractivity contribution in [2.45, 2.75) is 42.7 Å². The highest BCUT2D eigenvalue weighted by atomic mass is 79.9. The van der Waals surface area contributed by atoms with Gasteiger partial charge in [-0.25, -0.2) is 18.1 Å². The third-order valence-electron chi connectivity index (χ3n) is 3.37. The number of alkyl halides is 1. The largest absolute Gasteiger partial charge is 0.339 e. The lowest BCUT2D eigenvalue weighted by molar-refractivity contribution is 0.301. The Labute approximate surface area is 116 Å². The van der Waals surface area contributed by atoms with E-state index in [0.717, 1.165) is 25.7 Å². The van der Waals surface area contributed by atoms with Crippen LogP contribution >= 0.6 is 15.9 Å². The van der Waals surface area contributed by atoms with Crippen molar-refractivity contribution in [2.75, 3.05) is 5.33 Å². The summed E-state index contributed by atoms with van der Waals surface area (Å²) >= 11 is 3.45. The SMILES string of the molecule is Cn1cnc(S(=O)(=O)NC2(CBr)CCCCC2)c1. The first kappa shape index (κ1) is 14.0. The van der Waals surface area contributed by atoms with Crippen LogP contribution in [0.5, 0.6) is 0 Å². The van der Waals surface area contributed by atoms with Crippen LogP contribution in [-0.4, -0.2) is 28.8 Å². The molecule has 18 heavy (non-hydrogen) atoms. The molecule has 1 aliphatic carbocycles. The molecule has 0 atom stereocenters. The van der Waals surface area contributed by atoms with E-state index in [0.29, 0.717) is 5.33 Å². The zero-order valence-corrected chi connectivity index (χ0v) is 12.8. The van der Waals surface area contributed by atoms with Gasteiger partial charge in [0.2, 0.25) is 0 Å². The molecule has 1 N–H and O–H groups in total. The van der Waals surface area contributed by atoms with E-state index in [1.54, 1.807) is 11.6 Å². The second-order valence-corrected chi connectivity index (χ2v) is 7.15. The van der Waals surface area contributed by atoms with Crippen LogP contribution in [0.3, 0.4) is 0 Å². The summed E-state index contributed by atoms with van der Waals surface area (Å²) in [6, 6.07) is 0. The minimum absolute atomic E-state index is 0.0934. The van der Waals surface area contributed by atoms with Gasteiger partial charge in [-0.05, 0) is 12.8 Å². The van der Waals surface area contributed by atoms with Crippen LogP contribution in [0.1, 0.15) is 32.1 Å². The average Bonchev–Trinajstić information content (AvgIpc) is 2.77. The van der Waals surface area contributed by atoms with Gasteiger partial charge in [-0.3, -0.25) is 0 Å². The van der Waals surface area contributed by atoms with Crippen LogP contribution in [0.2, 0.25) is 0 Å². The topological polar surface area (TPSA) is 64.0 Å². The number of imidazole rings is 1. The van der Waals surface area contributed by atoms with E-state index in [1.807, 2.05) is 0 Å². The molecule has 5 nitrogen and oxygen atoms in total. The maximum absolute atomic E-state index is 12.3. The van der Waals surface area contributed by atoms with Gasteiger partial charge in [0.15, 0.2) is 5.03 Å². The molecule has 1 aromatic rings. The maximum Gasteiger partial charge on any atom is 0.260 e. The lowest BCUT2D eigenvalue weighted by atomic mass is 9.84. The molecule has 7 heteroatoms. The quantitative estimate of drug-likeness (QED) is 0.853. The summed E-state index contributed by atoms with van der Waals surface area (Å²) in [5.41, 5.74) is -0.353. The summed E-state index contributed by atoms with van der Waals surface area (Å²) in [4.78, 5) is 3.92. The van der Waals surface area contributed by atoms with Crippen molar-refractivity contribution >= 4 is 26.0 Å². The van der Waals surface area contributed by atoms with E-state index in [2.05, 4.69) is 25.6 Å². The monoisotopic (exact) mass is 335 g/mol. The van der Waals surface area contributed by atoms with Crippen molar-refractivity contribution in [1.29, 1.82) is 0 Å². The fourth-order valence-corrected chi connectivity index (χ4v) is 4.68. The summed E-state index contributed by atoms with van der Waals surface area (Å²) in [5, 5.41) is 0.738. The smallest absolute Gasteiger partial charge is 0.260 e. The molecule has 0 aromatic carbocycles. The van der Waals surface area contributed by atoms with Crippen LogP contribution in [0, 0.1) is 0 Å².